The highest BCUT2D eigenvalue weighted by molar-refractivity contribution is 6.30. The van der Waals surface area contributed by atoms with Crippen LogP contribution in [0, 0.1) is 0 Å². The molecule has 23 heavy (non-hydrogen) atoms. The minimum atomic E-state index is -0.00849. The Bertz CT molecular complexity index is 524. The lowest BCUT2D eigenvalue weighted by molar-refractivity contribution is -0.133. The molecule has 0 atom stereocenters. The number of halogens is 2. The summed E-state index contributed by atoms with van der Waals surface area (Å²) in [6, 6.07) is 7.32. The van der Waals surface area contributed by atoms with Crippen LogP contribution in [0.25, 0.3) is 0 Å². The van der Waals surface area contributed by atoms with Gasteiger partial charge in [-0.05, 0) is 38.1 Å². The lowest BCUT2D eigenvalue weighted by Crippen LogP contribution is -2.50. The Hall–Kier alpha value is -1.10. The fraction of sp³-hybridized carbons (Fsp3) is 0.529. The molecular formula is C17H24Cl2N2O2. The fourth-order valence-corrected chi connectivity index (χ4v) is 2.77. The van der Waals surface area contributed by atoms with E-state index in [1.165, 1.54) is 0 Å². The van der Waals surface area contributed by atoms with Gasteiger partial charge in [-0.2, -0.15) is 0 Å². The molecule has 2 rings (SSSR count). The minimum absolute atomic E-state index is 0. The van der Waals surface area contributed by atoms with Gasteiger partial charge in [0.05, 0.1) is 0 Å². The molecule has 0 aromatic heterocycles. The van der Waals surface area contributed by atoms with Crippen LogP contribution < -0.4 is 0 Å². The largest absolute Gasteiger partial charge is 0.340 e. The van der Waals surface area contributed by atoms with Crippen molar-refractivity contribution in [2.75, 3.05) is 26.2 Å². The predicted octanol–water partition coefficient (Wildman–Crippen LogP) is 3.28. The Morgan fingerprint density at radius 1 is 1.04 bits per heavy atom. The highest BCUT2D eigenvalue weighted by Gasteiger charge is 2.22. The SMILES string of the molecule is CC(C)N1CCN(C(=O)CCC(=O)c2ccc(Cl)cc2)CC1.Cl. The van der Waals surface area contributed by atoms with Gasteiger partial charge in [0.25, 0.3) is 0 Å². The van der Waals surface area contributed by atoms with Crippen molar-refractivity contribution in [2.45, 2.75) is 32.7 Å². The van der Waals surface area contributed by atoms with E-state index in [9.17, 15) is 9.59 Å². The van der Waals surface area contributed by atoms with Crippen LogP contribution >= 0.6 is 24.0 Å². The Labute approximate surface area is 149 Å². The molecule has 6 heteroatoms. The summed E-state index contributed by atoms with van der Waals surface area (Å²) in [5.41, 5.74) is 0.613. The maximum Gasteiger partial charge on any atom is 0.223 e. The molecule has 0 spiro atoms. The number of Topliss-reactive ketones (excluding diaryl/α,β-unsaturated/α-hetero) is 1. The van der Waals surface area contributed by atoms with E-state index in [2.05, 4.69) is 18.7 Å². The van der Waals surface area contributed by atoms with Gasteiger partial charge < -0.3 is 4.90 Å². The third-order valence-electron chi connectivity index (χ3n) is 4.13. The van der Waals surface area contributed by atoms with E-state index in [1.54, 1.807) is 24.3 Å². The molecule has 0 saturated carbocycles. The molecule has 1 amide bonds. The van der Waals surface area contributed by atoms with Gasteiger partial charge in [-0.1, -0.05) is 11.6 Å². The lowest BCUT2D eigenvalue weighted by atomic mass is 10.1. The number of carbonyl (C=O) groups excluding carboxylic acids is 2. The summed E-state index contributed by atoms with van der Waals surface area (Å²) in [4.78, 5) is 28.5. The van der Waals surface area contributed by atoms with Gasteiger partial charge in [-0.25, -0.2) is 0 Å². The van der Waals surface area contributed by atoms with Gasteiger partial charge in [0.2, 0.25) is 5.91 Å². The second kappa shape index (κ2) is 9.26. The zero-order valence-corrected chi connectivity index (χ0v) is 15.2. The number of hydrogen-bond donors (Lipinski definition) is 0. The average Bonchev–Trinajstić information content (AvgIpc) is 2.53. The average molecular weight is 359 g/mol. The summed E-state index contributed by atoms with van der Waals surface area (Å²) in [6.45, 7) is 7.67. The third-order valence-corrected chi connectivity index (χ3v) is 4.38. The number of hydrogen-bond acceptors (Lipinski definition) is 3. The number of ketones is 1. The molecule has 1 aromatic rings. The molecule has 0 unspecified atom stereocenters. The number of amides is 1. The molecule has 1 aliphatic rings. The Morgan fingerprint density at radius 3 is 2.13 bits per heavy atom. The summed E-state index contributed by atoms with van der Waals surface area (Å²) in [7, 11) is 0. The smallest absolute Gasteiger partial charge is 0.223 e. The van der Waals surface area contributed by atoms with Crippen LogP contribution in [-0.4, -0.2) is 53.7 Å². The van der Waals surface area contributed by atoms with Gasteiger partial charge >= 0.3 is 0 Å². The predicted molar refractivity (Wildman–Crippen MR) is 95.6 cm³/mol. The van der Waals surface area contributed by atoms with E-state index in [4.69, 9.17) is 11.6 Å². The molecule has 1 saturated heterocycles. The molecule has 0 aliphatic carbocycles. The first kappa shape index (κ1) is 19.9. The van der Waals surface area contributed by atoms with Crippen molar-refractivity contribution in [1.82, 2.24) is 9.80 Å². The van der Waals surface area contributed by atoms with E-state index >= 15 is 0 Å². The van der Waals surface area contributed by atoms with Crippen molar-refractivity contribution in [1.29, 1.82) is 0 Å². The van der Waals surface area contributed by atoms with Crippen LogP contribution in [0.4, 0.5) is 0 Å². The van der Waals surface area contributed by atoms with Gasteiger partial charge in [0.15, 0.2) is 5.78 Å². The first-order valence-corrected chi connectivity index (χ1v) is 8.16. The second-order valence-corrected chi connectivity index (χ2v) is 6.38. The number of rotatable bonds is 5. The van der Waals surface area contributed by atoms with Crippen molar-refractivity contribution in [3.63, 3.8) is 0 Å². The number of piperazine rings is 1. The first-order valence-electron chi connectivity index (χ1n) is 7.78. The zero-order chi connectivity index (χ0) is 16.1. The van der Waals surface area contributed by atoms with Crippen molar-refractivity contribution in [3.05, 3.63) is 34.9 Å². The Balaban J connectivity index is 0.00000264. The molecule has 0 bridgehead atoms. The monoisotopic (exact) mass is 358 g/mol. The summed E-state index contributed by atoms with van der Waals surface area (Å²) in [5, 5.41) is 0.607. The van der Waals surface area contributed by atoms with E-state index in [-0.39, 0.29) is 36.9 Å². The molecule has 0 N–H and O–H groups in total. The molecule has 1 aliphatic heterocycles. The normalized spacial score (nSPS) is 15.4. The fourth-order valence-electron chi connectivity index (χ4n) is 2.65. The van der Waals surface area contributed by atoms with E-state index in [1.807, 2.05) is 4.90 Å². The third kappa shape index (κ3) is 5.79. The molecule has 4 nitrogen and oxygen atoms in total. The topological polar surface area (TPSA) is 40.6 Å². The highest BCUT2D eigenvalue weighted by atomic mass is 35.5. The molecule has 1 heterocycles. The van der Waals surface area contributed by atoms with E-state index in [0.717, 1.165) is 26.2 Å². The number of carbonyl (C=O) groups is 2. The maximum absolute atomic E-state index is 12.2. The molecule has 1 aromatic carbocycles. The second-order valence-electron chi connectivity index (χ2n) is 5.94. The van der Waals surface area contributed by atoms with Crippen LogP contribution in [0.5, 0.6) is 0 Å². The van der Waals surface area contributed by atoms with E-state index < -0.39 is 0 Å². The van der Waals surface area contributed by atoms with Crippen LogP contribution in [0.2, 0.25) is 5.02 Å². The summed E-state index contributed by atoms with van der Waals surface area (Å²) >= 11 is 5.80. The molecule has 1 fully saturated rings. The standard InChI is InChI=1S/C17H23ClN2O2.ClH/c1-13(2)19-9-11-20(12-10-19)17(22)8-7-16(21)14-3-5-15(18)6-4-14;/h3-6,13H,7-12H2,1-2H3;1H. The van der Waals surface area contributed by atoms with Gasteiger partial charge in [-0.15, -0.1) is 12.4 Å². The summed E-state index contributed by atoms with van der Waals surface area (Å²) < 4.78 is 0. The lowest BCUT2D eigenvalue weighted by Gasteiger charge is -2.37. The summed E-state index contributed by atoms with van der Waals surface area (Å²) in [5.74, 6) is 0.0663. The Morgan fingerprint density at radius 2 is 1.61 bits per heavy atom. The number of nitrogens with zero attached hydrogens (tertiary/aromatic N) is 2. The summed E-state index contributed by atoms with van der Waals surface area (Å²) in [6.07, 6.45) is 0.536. The van der Waals surface area contributed by atoms with E-state index in [0.29, 0.717) is 16.6 Å². The van der Waals surface area contributed by atoms with Crippen LogP contribution in [0.15, 0.2) is 24.3 Å². The molecule has 0 radical (unpaired) electrons. The molecule has 128 valence electrons. The van der Waals surface area contributed by atoms with Crippen molar-refractivity contribution >= 4 is 35.7 Å². The van der Waals surface area contributed by atoms with Crippen LogP contribution in [-0.2, 0) is 4.79 Å². The van der Waals surface area contributed by atoms with Crippen molar-refractivity contribution < 1.29 is 9.59 Å². The zero-order valence-electron chi connectivity index (χ0n) is 13.6. The van der Waals surface area contributed by atoms with Gasteiger partial charge in [0, 0.05) is 55.6 Å². The van der Waals surface area contributed by atoms with Gasteiger partial charge in [-0.3, -0.25) is 14.5 Å². The van der Waals surface area contributed by atoms with Crippen LogP contribution in [0.1, 0.15) is 37.0 Å². The van der Waals surface area contributed by atoms with Crippen LogP contribution in [0.3, 0.4) is 0 Å². The van der Waals surface area contributed by atoms with Crippen molar-refractivity contribution in [2.24, 2.45) is 0 Å². The first-order chi connectivity index (χ1) is 10.5. The van der Waals surface area contributed by atoms with Gasteiger partial charge in [0.1, 0.15) is 0 Å². The quantitative estimate of drug-likeness (QED) is 0.758. The van der Waals surface area contributed by atoms with Crippen molar-refractivity contribution in [3.8, 4) is 0 Å². The maximum atomic E-state index is 12.2. The molecular weight excluding hydrogens is 335 g/mol. The minimum Gasteiger partial charge on any atom is -0.340 e. The Kier molecular flexibility index (Phi) is 8.03. The highest BCUT2D eigenvalue weighted by Crippen LogP contribution is 2.13. The number of benzene rings is 1.